The summed E-state index contributed by atoms with van der Waals surface area (Å²) in [6, 6.07) is 15.0. The van der Waals surface area contributed by atoms with E-state index in [1.54, 1.807) is 36.4 Å². The summed E-state index contributed by atoms with van der Waals surface area (Å²) in [6.07, 6.45) is 1.72. The summed E-state index contributed by atoms with van der Waals surface area (Å²) < 4.78 is 1.13. The number of aliphatic carboxylic acids is 1. The minimum Gasteiger partial charge on any atom is -0.479 e. The Morgan fingerprint density at radius 2 is 1.92 bits per heavy atom. The number of hydrogen-bond acceptors (Lipinski definition) is 4. The number of amides is 1. The molecule has 0 spiro atoms. The quantitative estimate of drug-likeness (QED) is 0.568. The normalized spacial score (nSPS) is 17.2. The Labute approximate surface area is 162 Å². The highest BCUT2D eigenvalue weighted by atomic mass is 79.9. The molecule has 7 heteroatoms. The second-order valence-corrected chi connectivity index (χ2v) is 7.85. The first-order valence-electron chi connectivity index (χ1n) is 7.28. The topological polar surface area (TPSA) is 57.6 Å². The van der Waals surface area contributed by atoms with Crippen molar-refractivity contribution in [3.05, 3.63) is 75.1 Å². The molecule has 4 nitrogen and oxygen atoms in total. The first kappa shape index (κ1) is 17.8. The molecule has 1 heterocycles. The summed E-state index contributed by atoms with van der Waals surface area (Å²) in [5, 5.41) is 9.65. The van der Waals surface area contributed by atoms with Crippen LogP contribution in [0.1, 0.15) is 17.2 Å². The molecule has 1 atom stereocenters. The minimum absolute atomic E-state index is 0.238. The standard InChI is InChI=1S/C18H12BrNO3S2/c19-13-8-4-5-11(9-13)10-14-16(21)20(18(24)25-14)15(17(22)23)12-6-2-1-3-7-12/h1-10,15H,(H,22,23)/b14-10-/t15-/m0/s1. The highest BCUT2D eigenvalue weighted by Gasteiger charge is 2.41. The van der Waals surface area contributed by atoms with Crippen LogP contribution in [0.2, 0.25) is 0 Å². The van der Waals surface area contributed by atoms with Gasteiger partial charge >= 0.3 is 5.97 Å². The third kappa shape index (κ3) is 3.84. The smallest absolute Gasteiger partial charge is 0.331 e. The predicted octanol–water partition coefficient (Wildman–Crippen LogP) is 4.48. The van der Waals surface area contributed by atoms with Crippen molar-refractivity contribution in [1.82, 2.24) is 4.90 Å². The third-order valence-corrected chi connectivity index (χ3v) is 5.40. The van der Waals surface area contributed by atoms with Gasteiger partial charge in [0, 0.05) is 4.47 Å². The number of hydrogen-bond donors (Lipinski definition) is 1. The van der Waals surface area contributed by atoms with Gasteiger partial charge in [0.15, 0.2) is 6.04 Å². The van der Waals surface area contributed by atoms with E-state index < -0.39 is 17.9 Å². The van der Waals surface area contributed by atoms with E-state index >= 15 is 0 Å². The lowest BCUT2D eigenvalue weighted by Gasteiger charge is -2.23. The SMILES string of the molecule is O=C(O)[C@H](c1ccccc1)N1C(=O)/C(=C/c2cccc(Br)c2)SC1=S. The Bertz CT molecular complexity index is 883. The average Bonchev–Trinajstić information content (AvgIpc) is 2.84. The fourth-order valence-electron chi connectivity index (χ4n) is 2.49. The van der Waals surface area contributed by atoms with Crippen LogP contribution in [0, 0.1) is 0 Å². The number of carbonyl (C=O) groups is 2. The number of nitrogens with zero attached hydrogens (tertiary/aromatic N) is 1. The average molecular weight is 434 g/mol. The van der Waals surface area contributed by atoms with Crippen LogP contribution in [0.25, 0.3) is 6.08 Å². The summed E-state index contributed by atoms with van der Waals surface area (Å²) >= 11 is 9.79. The van der Waals surface area contributed by atoms with Gasteiger partial charge in [-0.15, -0.1) is 0 Å². The Balaban J connectivity index is 1.96. The Kier molecular flexibility index (Phi) is 5.36. The van der Waals surface area contributed by atoms with Gasteiger partial charge in [0.2, 0.25) is 0 Å². The molecule has 1 N–H and O–H groups in total. The molecular formula is C18H12BrNO3S2. The number of benzene rings is 2. The molecule has 2 aromatic carbocycles. The molecule has 1 saturated heterocycles. The highest BCUT2D eigenvalue weighted by molar-refractivity contribution is 9.10. The van der Waals surface area contributed by atoms with Crippen molar-refractivity contribution >= 4 is 62.2 Å². The lowest BCUT2D eigenvalue weighted by Crippen LogP contribution is -2.37. The number of rotatable bonds is 4. The molecule has 126 valence electrons. The van der Waals surface area contributed by atoms with Crippen LogP contribution in [0.15, 0.2) is 64.0 Å². The Morgan fingerprint density at radius 1 is 1.20 bits per heavy atom. The van der Waals surface area contributed by atoms with E-state index in [4.69, 9.17) is 12.2 Å². The lowest BCUT2D eigenvalue weighted by molar-refractivity contribution is -0.145. The predicted molar refractivity (Wildman–Crippen MR) is 106 cm³/mol. The molecule has 3 rings (SSSR count). The molecule has 0 saturated carbocycles. The summed E-state index contributed by atoms with van der Waals surface area (Å²) in [5.74, 6) is -1.52. The summed E-state index contributed by atoms with van der Waals surface area (Å²) in [4.78, 5) is 26.2. The first-order valence-corrected chi connectivity index (χ1v) is 9.29. The largest absolute Gasteiger partial charge is 0.479 e. The molecule has 2 aromatic rings. The maximum absolute atomic E-state index is 12.8. The van der Waals surface area contributed by atoms with Gasteiger partial charge in [-0.25, -0.2) is 4.79 Å². The maximum Gasteiger partial charge on any atom is 0.331 e. The van der Waals surface area contributed by atoms with Crippen molar-refractivity contribution < 1.29 is 14.7 Å². The van der Waals surface area contributed by atoms with E-state index in [0.717, 1.165) is 21.8 Å². The Morgan fingerprint density at radius 3 is 2.56 bits per heavy atom. The molecule has 25 heavy (non-hydrogen) atoms. The number of carboxylic acid groups (broad SMARTS) is 1. The molecule has 1 amide bonds. The van der Waals surface area contributed by atoms with Gasteiger partial charge in [-0.3, -0.25) is 9.69 Å². The van der Waals surface area contributed by atoms with Crippen molar-refractivity contribution in [2.75, 3.05) is 0 Å². The molecule has 1 aliphatic heterocycles. The number of halogens is 1. The first-order chi connectivity index (χ1) is 12.0. The monoisotopic (exact) mass is 433 g/mol. The van der Waals surface area contributed by atoms with Gasteiger partial charge < -0.3 is 5.11 Å². The number of carbonyl (C=O) groups excluding carboxylic acids is 1. The highest BCUT2D eigenvalue weighted by Crippen LogP contribution is 2.38. The summed E-state index contributed by atoms with van der Waals surface area (Å²) in [7, 11) is 0. The molecular weight excluding hydrogens is 422 g/mol. The van der Waals surface area contributed by atoms with Crippen LogP contribution in [-0.2, 0) is 9.59 Å². The van der Waals surface area contributed by atoms with Gasteiger partial charge in [-0.1, -0.05) is 82.4 Å². The van der Waals surface area contributed by atoms with Crippen LogP contribution in [0.5, 0.6) is 0 Å². The molecule has 0 bridgehead atoms. The second kappa shape index (κ2) is 7.51. The summed E-state index contributed by atoms with van der Waals surface area (Å²) in [5.41, 5.74) is 1.34. The van der Waals surface area contributed by atoms with Gasteiger partial charge in [-0.05, 0) is 29.3 Å². The van der Waals surface area contributed by atoms with E-state index in [1.165, 1.54) is 4.90 Å². The molecule has 0 aromatic heterocycles. The molecule has 0 radical (unpaired) electrons. The molecule has 1 aliphatic rings. The van der Waals surface area contributed by atoms with E-state index in [2.05, 4.69) is 15.9 Å². The summed E-state index contributed by atoms with van der Waals surface area (Å²) in [6.45, 7) is 0. The number of thioether (sulfide) groups is 1. The third-order valence-electron chi connectivity index (χ3n) is 3.58. The van der Waals surface area contributed by atoms with Gasteiger partial charge in [0.1, 0.15) is 4.32 Å². The van der Waals surface area contributed by atoms with Gasteiger partial charge in [-0.2, -0.15) is 0 Å². The fourth-order valence-corrected chi connectivity index (χ4v) is 4.22. The van der Waals surface area contributed by atoms with Crippen molar-refractivity contribution in [3.63, 3.8) is 0 Å². The minimum atomic E-state index is -1.14. The maximum atomic E-state index is 12.8. The Hall–Kier alpha value is -1.96. The van der Waals surface area contributed by atoms with Crippen LogP contribution in [0.3, 0.4) is 0 Å². The van der Waals surface area contributed by atoms with E-state index in [0.29, 0.717) is 10.5 Å². The van der Waals surface area contributed by atoms with E-state index in [9.17, 15) is 14.7 Å². The van der Waals surface area contributed by atoms with Crippen LogP contribution in [-0.4, -0.2) is 26.2 Å². The fraction of sp³-hybridized carbons (Fsp3) is 0.0556. The van der Waals surface area contributed by atoms with E-state index in [1.807, 2.05) is 24.3 Å². The zero-order chi connectivity index (χ0) is 18.0. The zero-order valence-electron chi connectivity index (χ0n) is 12.8. The molecule has 1 fully saturated rings. The lowest BCUT2D eigenvalue weighted by atomic mass is 10.1. The van der Waals surface area contributed by atoms with Crippen molar-refractivity contribution in [2.45, 2.75) is 6.04 Å². The molecule has 0 aliphatic carbocycles. The zero-order valence-corrected chi connectivity index (χ0v) is 16.0. The number of thiocarbonyl (C=S) groups is 1. The van der Waals surface area contributed by atoms with Crippen molar-refractivity contribution in [2.24, 2.45) is 0 Å². The van der Waals surface area contributed by atoms with Crippen molar-refractivity contribution in [1.29, 1.82) is 0 Å². The van der Waals surface area contributed by atoms with Gasteiger partial charge in [0.25, 0.3) is 5.91 Å². The second-order valence-electron chi connectivity index (χ2n) is 5.26. The van der Waals surface area contributed by atoms with Crippen LogP contribution in [0.4, 0.5) is 0 Å². The van der Waals surface area contributed by atoms with Crippen LogP contribution < -0.4 is 0 Å². The van der Waals surface area contributed by atoms with Crippen LogP contribution >= 0.6 is 39.9 Å². The van der Waals surface area contributed by atoms with Gasteiger partial charge in [0.05, 0.1) is 4.91 Å². The van der Waals surface area contributed by atoms with E-state index in [-0.39, 0.29) is 4.32 Å². The van der Waals surface area contributed by atoms with Crippen molar-refractivity contribution in [3.8, 4) is 0 Å². The molecule has 0 unspecified atom stereocenters. The number of carboxylic acids is 1.